The molecule has 116 valence electrons. The molecule has 0 radical (unpaired) electrons. The summed E-state index contributed by atoms with van der Waals surface area (Å²) in [4.78, 5) is 23.6. The molecule has 2 aromatic rings. The molecular weight excluding hydrogens is 284 g/mol. The summed E-state index contributed by atoms with van der Waals surface area (Å²) in [5.74, 6) is 0.445. The molecule has 0 fully saturated rings. The minimum absolute atomic E-state index is 0.0805. The summed E-state index contributed by atoms with van der Waals surface area (Å²) >= 11 is 0. The lowest BCUT2D eigenvalue weighted by molar-refractivity contribution is -0.137. The molecule has 0 atom stereocenters. The minimum atomic E-state index is -0.932. The van der Waals surface area contributed by atoms with Crippen LogP contribution in [0.2, 0.25) is 0 Å². The van der Waals surface area contributed by atoms with Gasteiger partial charge in [0.05, 0.1) is 13.0 Å². The van der Waals surface area contributed by atoms with E-state index in [1.807, 2.05) is 36.4 Å². The molecule has 0 saturated carbocycles. The SMILES string of the molecule is CN(CCC(=O)O)C(=O)NCc1ccc(-c2ccccc2)o1. The van der Waals surface area contributed by atoms with Crippen molar-refractivity contribution in [2.24, 2.45) is 0 Å². The summed E-state index contributed by atoms with van der Waals surface area (Å²) in [7, 11) is 1.55. The summed E-state index contributed by atoms with van der Waals surface area (Å²) in [6, 6.07) is 13.0. The third-order valence-electron chi connectivity index (χ3n) is 3.14. The maximum atomic E-state index is 11.8. The molecule has 6 heteroatoms. The third kappa shape index (κ3) is 4.37. The molecular formula is C16H18N2O4. The highest BCUT2D eigenvalue weighted by molar-refractivity contribution is 5.75. The van der Waals surface area contributed by atoms with Crippen LogP contribution in [0, 0.1) is 0 Å². The average Bonchev–Trinajstić information content (AvgIpc) is 3.00. The first-order valence-electron chi connectivity index (χ1n) is 6.91. The Morgan fingerprint density at radius 2 is 1.91 bits per heavy atom. The van der Waals surface area contributed by atoms with Crippen molar-refractivity contribution < 1.29 is 19.1 Å². The van der Waals surface area contributed by atoms with E-state index in [-0.39, 0.29) is 25.5 Å². The van der Waals surface area contributed by atoms with Crippen LogP contribution < -0.4 is 5.32 Å². The van der Waals surface area contributed by atoms with Gasteiger partial charge in [-0.3, -0.25) is 4.79 Å². The van der Waals surface area contributed by atoms with E-state index in [1.54, 1.807) is 13.1 Å². The quantitative estimate of drug-likeness (QED) is 0.859. The van der Waals surface area contributed by atoms with Gasteiger partial charge in [0.15, 0.2) is 0 Å². The number of nitrogens with zero attached hydrogens (tertiary/aromatic N) is 1. The number of carbonyl (C=O) groups excluding carboxylic acids is 1. The summed E-state index contributed by atoms with van der Waals surface area (Å²) in [5.41, 5.74) is 0.971. The van der Waals surface area contributed by atoms with Gasteiger partial charge in [-0.1, -0.05) is 30.3 Å². The number of carbonyl (C=O) groups is 2. The highest BCUT2D eigenvalue weighted by Gasteiger charge is 2.11. The third-order valence-corrected chi connectivity index (χ3v) is 3.14. The number of benzene rings is 1. The summed E-state index contributed by atoms with van der Waals surface area (Å²) in [6.45, 7) is 0.414. The first kappa shape index (κ1) is 15.6. The van der Waals surface area contributed by atoms with Crippen molar-refractivity contribution in [3.8, 4) is 11.3 Å². The summed E-state index contributed by atoms with van der Waals surface area (Å²) < 4.78 is 5.67. The molecule has 0 saturated heterocycles. The first-order chi connectivity index (χ1) is 10.6. The Bertz CT molecular complexity index is 637. The van der Waals surface area contributed by atoms with Gasteiger partial charge in [-0.2, -0.15) is 0 Å². The molecule has 1 aromatic heterocycles. The molecule has 0 spiro atoms. The summed E-state index contributed by atoms with van der Waals surface area (Å²) in [6.07, 6.45) is -0.0805. The zero-order chi connectivity index (χ0) is 15.9. The van der Waals surface area contributed by atoms with Gasteiger partial charge in [0.1, 0.15) is 11.5 Å². The van der Waals surface area contributed by atoms with E-state index in [4.69, 9.17) is 9.52 Å². The van der Waals surface area contributed by atoms with Gasteiger partial charge >= 0.3 is 12.0 Å². The fraction of sp³-hybridized carbons (Fsp3) is 0.250. The fourth-order valence-corrected chi connectivity index (χ4v) is 1.89. The number of carboxylic acids is 1. The van der Waals surface area contributed by atoms with Crippen LogP contribution in [0.3, 0.4) is 0 Å². The molecule has 0 bridgehead atoms. The van der Waals surface area contributed by atoms with Crippen LogP contribution in [-0.4, -0.2) is 35.6 Å². The molecule has 0 aliphatic rings. The smallest absolute Gasteiger partial charge is 0.317 e. The first-order valence-corrected chi connectivity index (χ1v) is 6.91. The van der Waals surface area contributed by atoms with E-state index in [2.05, 4.69) is 5.32 Å². The van der Waals surface area contributed by atoms with E-state index in [9.17, 15) is 9.59 Å². The Morgan fingerprint density at radius 3 is 2.59 bits per heavy atom. The molecule has 1 heterocycles. The molecule has 1 aromatic carbocycles. The number of rotatable bonds is 6. The zero-order valence-electron chi connectivity index (χ0n) is 12.3. The van der Waals surface area contributed by atoms with Gasteiger partial charge < -0.3 is 19.7 Å². The number of hydrogen-bond acceptors (Lipinski definition) is 3. The Kier molecular flexibility index (Phi) is 5.19. The predicted molar refractivity (Wildman–Crippen MR) is 81.3 cm³/mol. The van der Waals surface area contributed by atoms with E-state index in [1.165, 1.54) is 4.90 Å². The maximum absolute atomic E-state index is 11.8. The van der Waals surface area contributed by atoms with Crippen molar-refractivity contribution in [2.45, 2.75) is 13.0 Å². The van der Waals surface area contributed by atoms with Crippen LogP contribution >= 0.6 is 0 Å². The summed E-state index contributed by atoms with van der Waals surface area (Å²) in [5, 5.41) is 11.3. The molecule has 6 nitrogen and oxygen atoms in total. The molecule has 0 aliphatic heterocycles. The average molecular weight is 302 g/mol. The lowest BCUT2D eigenvalue weighted by Crippen LogP contribution is -2.37. The second-order valence-corrected chi connectivity index (χ2v) is 4.86. The van der Waals surface area contributed by atoms with Gasteiger partial charge in [-0.15, -0.1) is 0 Å². The van der Waals surface area contributed by atoms with Crippen LogP contribution in [0.5, 0.6) is 0 Å². The van der Waals surface area contributed by atoms with Crippen molar-refractivity contribution in [2.75, 3.05) is 13.6 Å². The lowest BCUT2D eigenvalue weighted by Gasteiger charge is -2.16. The van der Waals surface area contributed by atoms with Crippen molar-refractivity contribution in [3.63, 3.8) is 0 Å². The van der Waals surface area contributed by atoms with Crippen LogP contribution in [0.4, 0.5) is 4.79 Å². The highest BCUT2D eigenvalue weighted by Crippen LogP contribution is 2.21. The monoisotopic (exact) mass is 302 g/mol. The molecule has 2 amide bonds. The number of urea groups is 1. The Morgan fingerprint density at radius 1 is 1.18 bits per heavy atom. The van der Waals surface area contributed by atoms with E-state index in [0.717, 1.165) is 11.3 Å². The maximum Gasteiger partial charge on any atom is 0.317 e. The van der Waals surface area contributed by atoms with Crippen molar-refractivity contribution >= 4 is 12.0 Å². The Balaban J connectivity index is 1.86. The number of aliphatic carboxylic acids is 1. The molecule has 0 unspecified atom stereocenters. The highest BCUT2D eigenvalue weighted by atomic mass is 16.4. The lowest BCUT2D eigenvalue weighted by atomic mass is 10.2. The van der Waals surface area contributed by atoms with Crippen molar-refractivity contribution in [1.29, 1.82) is 0 Å². The number of nitrogens with one attached hydrogen (secondary N) is 1. The van der Waals surface area contributed by atoms with E-state index < -0.39 is 5.97 Å². The van der Waals surface area contributed by atoms with Crippen LogP contribution in [0.25, 0.3) is 11.3 Å². The van der Waals surface area contributed by atoms with Gasteiger partial charge in [-0.25, -0.2) is 4.79 Å². The Labute approximate surface area is 128 Å². The van der Waals surface area contributed by atoms with E-state index >= 15 is 0 Å². The van der Waals surface area contributed by atoms with Gasteiger partial charge in [0.25, 0.3) is 0 Å². The second-order valence-electron chi connectivity index (χ2n) is 4.86. The van der Waals surface area contributed by atoms with Crippen molar-refractivity contribution in [1.82, 2.24) is 10.2 Å². The normalized spacial score (nSPS) is 10.2. The fourth-order valence-electron chi connectivity index (χ4n) is 1.89. The number of furan rings is 1. The topological polar surface area (TPSA) is 82.8 Å². The zero-order valence-corrected chi connectivity index (χ0v) is 12.3. The molecule has 2 N–H and O–H groups in total. The molecule has 0 aliphatic carbocycles. The van der Waals surface area contributed by atoms with Gasteiger partial charge in [0.2, 0.25) is 0 Å². The number of hydrogen-bond donors (Lipinski definition) is 2. The van der Waals surface area contributed by atoms with E-state index in [0.29, 0.717) is 5.76 Å². The van der Waals surface area contributed by atoms with Crippen LogP contribution in [0.1, 0.15) is 12.2 Å². The minimum Gasteiger partial charge on any atom is -0.481 e. The van der Waals surface area contributed by atoms with Crippen molar-refractivity contribution in [3.05, 3.63) is 48.2 Å². The van der Waals surface area contributed by atoms with Crippen LogP contribution in [-0.2, 0) is 11.3 Å². The second kappa shape index (κ2) is 7.31. The molecule has 22 heavy (non-hydrogen) atoms. The number of carboxylic acid groups (broad SMARTS) is 1. The van der Waals surface area contributed by atoms with Gasteiger partial charge in [-0.05, 0) is 12.1 Å². The predicted octanol–water partition coefficient (Wildman–Crippen LogP) is 2.56. The number of amides is 2. The van der Waals surface area contributed by atoms with Gasteiger partial charge in [0, 0.05) is 19.2 Å². The Hall–Kier alpha value is -2.76. The van der Waals surface area contributed by atoms with Crippen LogP contribution in [0.15, 0.2) is 46.9 Å². The molecule has 2 rings (SSSR count). The standard InChI is InChI=1S/C16H18N2O4/c1-18(10-9-15(19)20)16(21)17-11-13-7-8-14(22-13)12-5-3-2-4-6-12/h2-8H,9-11H2,1H3,(H,17,21)(H,19,20). The largest absolute Gasteiger partial charge is 0.481 e.